The van der Waals surface area contributed by atoms with Crippen molar-refractivity contribution in [3.8, 4) is 0 Å². The minimum absolute atomic E-state index is 0.302. The number of fused-ring (bicyclic) bond motifs is 1. The van der Waals surface area contributed by atoms with Crippen LogP contribution in [0, 0.1) is 0 Å². The number of hydrogen-bond donors (Lipinski definition) is 1. The maximum absolute atomic E-state index is 12.5. The summed E-state index contributed by atoms with van der Waals surface area (Å²) >= 11 is 4.51. The number of imidazole rings is 1. The molecule has 2 heterocycles. The fourth-order valence-electron chi connectivity index (χ4n) is 3.27. The molecule has 4 aromatic rings. The molecule has 0 unspecified atom stereocenters. The summed E-state index contributed by atoms with van der Waals surface area (Å²) in [4.78, 5) is 4.79. The molecule has 29 heavy (non-hydrogen) atoms. The van der Waals surface area contributed by atoms with Gasteiger partial charge in [-0.2, -0.15) is 0 Å². The van der Waals surface area contributed by atoms with E-state index in [1.54, 1.807) is 12.1 Å². The van der Waals surface area contributed by atoms with Crippen molar-refractivity contribution in [3.05, 3.63) is 81.9 Å². The molecule has 0 saturated carbocycles. The summed E-state index contributed by atoms with van der Waals surface area (Å²) in [6.07, 6.45) is 1.68. The molecule has 4 rings (SSSR count). The second-order valence-corrected chi connectivity index (χ2v) is 11.1. The van der Waals surface area contributed by atoms with Crippen molar-refractivity contribution in [1.29, 1.82) is 0 Å². The molecular weight excluding hydrogens is 470 g/mol. The first kappa shape index (κ1) is 20.3. The van der Waals surface area contributed by atoms with E-state index in [2.05, 4.69) is 37.4 Å². The van der Waals surface area contributed by atoms with Gasteiger partial charge in [-0.15, -0.1) is 11.3 Å². The Kier molecular flexibility index (Phi) is 6.15. The molecule has 0 atom stereocenters. The molecule has 0 bridgehead atoms. The molecule has 2 aromatic heterocycles. The van der Waals surface area contributed by atoms with E-state index in [9.17, 15) is 8.42 Å². The van der Waals surface area contributed by atoms with Crippen molar-refractivity contribution in [3.63, 3.8) is 0 Å². The SMILES string of the molecule is O=S(=O)(NCCn1c(CCc2ccccc2)nc2ccccc21)c1ccc(Br)s1. The largest absolute Gasteiger partial charge is 0.327 e. The zero-order valence-corrected chi connectivity index (χ0v) is 18.8. The highest BCUT2D eigenvalue weighted by Crippen LogP contribution is 2.25. The summed E-state index contributed by atoms with van der Waals surface area (Å²) in [5, 5.41) is 0. The molecule has 5 nitrogen and oxygen atoms in total. The number of sulfonamides is 1. The molecule has 0 radical (unpaired) electrons. The highest BCUT2D eigenvalue weighted by atomic mass is 79.9. The summed E-state index contributed by atoms with van der Waals surface area (Å²) in [6, 6.07) is 21.6. The summed E-state index contributed by atoms with van der Waals surface area (Å²) in [5.41, 5.74) is 3.21. The van der Waals surface area contributed by atoms with Gasteiger partial charge in [-0.1, -0.05) is 42.5 Å². The van der Waals surface area contributed by atoms with Crippen molar-refractivity contribution in [2.45, 2.75) is 23.6 Å². The van der Waals surface area contributed by atoms with Crippen LogP contribution in [0.5, 0.6) is 0 Å². The molecular formula is C21H20BrN3O2S2. The van der Waals surface area contributed by atoms with Crippen LogP contribution in [0.2, 0.25) is 0 Å². The third-order valence-corrected chi connectivity index (χ3v) is 8.23. The number of nitrogens with one attached hydrogen (secondary N) is 1. The van der Waals surface area contributed by atoms with Crippen molar-refractivity contribution in [2.75, 3.05) is 6.54 Å². The van der Waals surface area contributed by atoms with E-state index in [0.29, 0.717) is 17.3 Å². The first-order valence-electron chi connectivity index (χ1n) is 9.26. The molecule has 0 aliphatic rings. The Morgan fingerprint density at radius 1 is 0.966 bits per heavy atom. The predicted molar refractivity (Wildman–Crippen MR) is 121 cm³/mol. The van der Waals surface area contributed by atoms with Crippen LogP contribution in [0.1, 0.15) is 11.4 Å². The molecule has 0 amide bonds. The monoisotopic (exact) mass is 489 g/mol. The average molecular weight is 490 g/mol. The summed E-state index contributed by atoms with van der Waals surface area (Å²) in [5.74, 6) is 0.966. The van der Waals surface area contributed by atoms with Crippen molar-refractivity contribution >= 4 is 48.3 Å². The number of nitrogens with zero attached hydrogens (tertiary/aromatic N) is 2. The highest BCUT2D eigenvalue weighted by molar-refractivity contribution is 9.11. The van der Waals surface area contributed by atoms with Crippen LogP contribution >= 0.6 is 27.3 Å². The highest BCUT2D eigenvalue weighted by Gasteiger charge is 2.17. The van der Waals surface area contributed by atoms with Gasteiger partial charge < -0.3 is 4.57 Å². The van der Waals surface area contributed by atoms with Crippen LogP contribution in [0.4, 0.5) is 0 Å². The Balaban J connectivity index is 1.51. The first-order chi connectivity index (χ1) is 14.0. The molecule has 0 fully saturated rings. The minimum atomic E-state index is -3.51. The zero-order valence-electron chi connectivity index (χ0n) is 15.6. The molecule has 2 aromatic carbocycles. The van der Waals surface area contributed by atoms with Gasteiger partial charge in [0.2, 0.25) is 10.0 Å². The molecule has 0 saturated heterocycles. The van der Waals surface area contributed by atoms with Crippen LogP contribution in [-0.2, 0) is 29.4 Å². The lowest BCUT2D eigenvalue weighted by atomic mass is 10.1. The lowest BCUT2D eigenvalue weighted by molar-refractivity contribution is 0.573. The Morgan fingerprint density at radius 2 is 1.72 bits per heavy atom. The first-order valence-corrected chi connectivity index (χ1v) is 12.4. The maximum Gasteiger partial charge on any atom is 0.250 e. The molecule has 0 aliphatic heterocycles. The van der Waals surface area contributed by atoms with Crippen molar-refractivity contribution in [1.82, 2.24) is 14.3 Å². The van der Waals surface area contributed by atoms with Crippen LogP contribution in [0.15, 0.2) is 74.7 Å². The number of para-hydroxylation sites is 2. The van der Waals surface area contributed by atoms with Gasteiger partial charge in [0.05, 0.1) is 14.8 Å². The van der Waals surface area contributed by atoms with Gasteiger partial charge >= 0.3 is 0 Å². The van der Waals surface area contributed by atoms with Gasteiger partial charge in [0.1, 0.15) is 10.0 Å². The van der Waals surface area contributed by atoms with E-state index in [-0.39, 0.29) is 0 Å². The fraction of sp³-hybridized carbons (Fsp3) is 0.190. The van der Waals surface area contributed by atoms with E-state index >= 15 is 0 Å². The maximum atomic E-state index is 12.5. The van der Waals surface area contributed by atoms with Gasteiger partial charge in [-0.3, -0.25) is 0 Å². The van der Waals surface area contributed by atoms with Crippen molar-refractivity contribution in [2.24, 2.45) is 0 Å². The number of benzene rings is 2. The quantitative estimate of drug-likeness (QED) is 0.392. The van der Waals surface area contributed by atoms with E-state index < -0.39 is 10.0 Å². The van der Waals surface area contributed by atoms with E-state index in [1.807, 2.05) is 42.5 Å². The third kappa shape index (κ3) is 4.78. The number of hydrogen-bond acceptors (Lipinski definition) is 4. The average Bonchev–Trinajstić information content (AvgIpc) is 3.31. The predicted octanol–water partition coefficient (Wildman–Crippen LogP) is 4.62. The third-order valence-electron chi connectivity index (χ3n) is 4.65. The van der Waals surface area contributed by atoms with E-state index in [1.165, 1.54) is 16.9 Å². The minimum Gasteiger partial charge on any atom is -0.327 e. The summed E-state index contributed by atoms with van der Waals surface area (Å²) in [7, 11) is -3.51. The smallest absolute Gasteiger partial charge is 0.250 e. The summed E-state index contributed by atoms with van der Waals surface area (Å²) in [6.45, 7) is 0.826. The lowest BCUT2D eigenvalue weighted by Gasteiger charge is -2.10. The standard InChI is InChI=1S/C21H20BrN3O2S2/c22-19-11-13-21(28-19)29(26,27)23-14-15-25-18-9-5-4-8-17(18)24-20(25)12-10-16-6-2-1-3-7-16/h1-9,11,13,23H,10,12,14-15H2. The molecule has 1 N–H and O–H groups in total. The Bertz CT molecular complexity index is 1220. The lowest BCUT2D eigenvalue weighted by Crippen LogP contribution is -2.27. The summed E-state index contributed by atoms with van der Waals surface area (Å²) < 4.78 is 30.9. The second kappa shape index (κ2) is 8.79. The zero-order chi connectivity index (χ0) is 20.3. The normalized spacial score (nSPS) is 11.9. The Morgan fingerprint density at radius 3 is 2.48 bits per heavy atom. The van der Waals surface area contributed by atoms with Crippen LogP contribution in [-0.4, -0.2) is 24.5 Å². The number of aromatic nitrogens is 2. The number of thiophene rings is 1. The number of halogens is 1. The number of aryl methyl sites for hydroxylation is 2. The second-order valence-electron chi connectivity index (χ2n) is 6.61. The number of rotatable bonds is 8. The Labute approximate surface area is 182 Å². The molecule has 0 aliphatic carbocycles. The topological polar surface area (TPSA) is 64.0 Å². The fourth-order valence-corrected chi connectivity index (χ4v) is 6.35. The van der Waals surface area contributed by atoms with Gasteiger partial charge in [0, 0.05) is 19.5 Å². The van der Waals surface area contributed by atoms with Crippen LogP contribution in [0.25, 0.3) is 11.0 Å². The van der Waals surface area contributed by atoms with Gasteiger partial charge in [0.25, 0.3) is 0 Å². The van der Waals surface area contributed by atoms with E-state index in [4.69, 9.17) is 4.98 Å². The Hall–Kier alpha value is -2.00. The molecule has 8 heteroatoms. The van der Waals surface area contributed by atoms with Crippen LogP contribution < -0.4 is 4.72 Å². The van der Waals surface area contributed by atoms with E-state index in [0.717, 1.165) is 33.5 Å². The molecule has 0 spiro atoms. The van der Waals surface area contributed by atoms with Gasteiger partial charge in [-0.25, -0.2) is 18.1 Å². The van der Waals surface area contributed by atoms with Crippen LogP contribution in [0.3, 0.4) is 0 Å². The van der Waals surface area contributed by atoms with Gasteiger partial charge in [-0.05, 0) is 52.2 Å². The van der Waals surface area contributed by atoms with Gasteiger partial charge in [0.15, 0.2) is 0 Å². The van der Waals surface area contributed by atoms with Crippen molar-refractivity contribution < 1.29 is 8.42 Å². The molecule has 150 valence electrons.